The molecular weight excluding hydrogens is 342 g/mol. The fraction of sp³-hybridized carbons (Fsp3) is 0.0870. The van der Waals surface area contributed by atoms with E-state index in [1.165, 1.54) is 0 Å². The number of nitrogens with one attached hydrogen (secondary N) is 1. The van der Waals surface area contributed by atoms with Crippen LogP contribution in [0.1, 0.15) is 27.0 Å². The number of halogens is 1. The molecule has 3 rings (SSSR count). The van der Waals surface area contributed by atoms with Crippen LogP contribution in [-0.2, 0) is 6.42 Å². The average Bonchev–Trinajstić information content (AvgIpc) is 2.68. The van der Waals surface area contributed by atoms with Crippen LogP contribution in [0.5, 0.6) is 0 Å². The van der Waals surface area contributed by atoms with Gasteiger partial charge in [-0.25, -0.2) is 0 Å². The van der Waals surface area contributed by atoms with Crippen molar-refractivity contribution in [2.45, 2.75) is 11.9 Å². The van der Waals surface area contributed by atoms with Gasteiger partial charge in [-0.15, -0.1) is 0 Å². The summed E-state index contributed by atoms with van der Waals surface area (Å²) in [6.07, 6.45) is 0.578. The molecule has 0 heterocycles. The van der Waals surface area contributed by atoms with Crippen LogP contribution in [0.15, 0.2) is 84.9 Å². The second kappa shape index (κ2) is 8.89. The van der Waals surface area contributed by atoms with Crippen molar-refractivity contribution >= 4 is 17.5 Å². The number of amides is 1. The predicted molar refractivity (Wildman–Crippen MR) is 106 cm³/mol. The third-order valence-electron chi connectivity index (χ3n) is 3.82. The quantitative estimate of drug-likeness (QED) is 0.411. The second-order valence-corrected chi connectivity index (χ2v) is 6.35. The molecule has 0 radical (unpaired) electrons. The summed E-state index contributed by atoms with van der Waals surface area (Å²) in [6.45, 7) is 0. The molecule has 0 aliphatic rings. The molecule has 0 saturated heterocycles. The minimum atomic E-state index is -0.456. The molecule has 0 saturated carbocycles. The van der Waals surface area contributed by atoms with Gasteiger partial charge in [-0.05, 0) is 42.0 Å². The molecule has 0 fully saturated rings. The van der Waals surface area contributed by atoms with Gasteiger partial charge in [-0.1, -0.05) is 72.0 Å². The van der Waals surface area contributed by atoms with Gasteiger partial charge in [-0.3, -0.25) is 4.79 Å². The van der Waals surface area contributed by atoms with Crippen molar-refractivity contribution in [3.8, 4) is 11.8 Å². The SMILES string of the molecule is O=C(NC(Cl)Cc1ccccc1)c1ccc(C#Cc2ccccc2)cc1. The zero-order valence-electron chi connectivity index (χ0n) is 14.2. The second-order valence-electron chi connectivity index (χ2n) is 5.82. The highest BCUT2D eigenvalue weighted by molar-refractivity contribution is 6.21. The van der Waals surface area contributed by atoms with Gasteiger partial charge < -0.3 is 5.32 Å². The first-order valence-electron chi connectivity index (χ1n) is 8.37. The van der Waals surface area contributed by atoms with Crippen LogP contribution in [0.3, 0.4) is 0 Å². The number of carbonyl (C=O) groups is 1. The Morgan fingerprint density at radius 1 is 0.808 bits per heavy atom. The molecule has 3 heteroatoms. The van der Waals surface area contributed by atoms with E-state index in [2.05, 4.69) is 17.2 Å². The standard InChI is InChI=1S/C23H18ClNO/c24-22(17-20-9-5-2-6-10-20)25-23(26)21-15-13-19(14-16-21)12-11-18-7-3-1-4-8-18/h1-10,13-16,22H,17H2,(H,25,26). The van der Waals surface area contributed by atoms with Gasteiger partial charge in [0.1, 0.15) is 5.50 Å². The number of rotatable bonds is 4. The van der Waals surface area contributed by atoms with Crippen LogP contribution < -0.4 is 5.32 Å². The molecule has 2 nitrogen and oxygen atoms in total. The van der Waals surface area contributed by atoms with Crippen molar-refractivity contribution in [2.24, 2.45) is 0 Å². The van der Waals surface area contributed by atoms with Crippen LogP contribution in [0.2, 0.25) is 0 Å². The lowest BCUT2D eigenvalue weighted by Crippen LogP contribution is -2.32. The zero-order chi connectivity index (χ0) is 18.2. The Hall–Kier alpha value is -3.02. The highest BCUT2D eigenvalue weighted by Crippen LogP contribution is 2.09. The Morgan fingerprint density at radius 3 is 1.96 bits per heavy atom. The third-order valence-corrected chi connectivity index (χ3v) is 4.08. The van der Waals surface area contributed by atoms with Crippen LogP contribution in [-0.4, -0.2) is 11.4 Å². The first-order valence-corrected chi connectivity index (χ1v) is 8.80. The third kappa shape index (κ3) is 5.24. The number of hydrogen-bond acceptors (Lipinski definition) is 1. The summed E-state index contributed by atoms with van der Waals surface area (Å²) in [4.78, 5) is 12.3. The number of hydrogen-bond donors (Lipinski definition) is 1. The topological polar surface area (TPSA) is 29.1 Å². The van der Waals surface area contributed by atoms with E-state index in [-0.39, 0.29) is 5.91 Å². The van der Waals surface area contributed by atoms with Gasteiger partial charge in [0, 0.05) is 23.1 Å². The molecule has 0 aromatic heterocycles. The zero-order valence-corrected chi connectivity index (χ0v) is 14.9. The summed E-state index contributed by atoms with van der Waals surface area (Å²) < 4.78 is 0. The van der Waals surface area contributed by atoms with E-state index in [1.807, 2.05) is 72.8 Å². The molecule has 0 bridgehead atoms. The summed E-state index contributed by atoms with van der Waals surface area (Å²) in [7, 11) is 0. The Kier molecular flexibility index (Phi) is 6.09. The summed E-state index contributed by atoms with van der Waals surface area (Å²) in [6, 6.07) is 26.8. The van der Waals surface area contributed by atoms with E-state index < -0.39 is 5.50 Å². The first-order chi connectivity index (χ1) is 12.7. The molecule has 3 aromatic carbocycles. The summed E-state index contributed by atoms with van der Waals surface area (Å²) >= 11 is 6.25. The van der Waals surface area contributed by atoms with Gasteiger partial charge >= 0.3 is 0 Å². The van der Waals surface area contributed by atoms with E-state index >= 15 is 0 Å². The fourth-order valence-corrected chi connectivity index (χ4v) is 2.75. The summed E-state index contributed by atoms with van der Waals surface area (Å²) in [5, 5.41) is 2.81. The molecule has 1 unspecified atom stereocenters. The van der Waals surface area contributed by atoms with Gasteiger partial charge in [0.15, 0.2) is 0 Å². The average molecular weight is 360 g/mol. The first kappa shape index (κ1) is 17.8. The van der Waals surface area contributed by atoms with E-state index in [9.17, 15) is 4.79 Å². The van der Waals surface area contributed by atoms with Gasteiger partial charge in [0.25, 0.3) is 5.91 Å². The van der Waals surface area contributed by atoms with Crippen LogP contribution >= 0.6 is 11.6 Å². The maximum atomic E-state index is 12.3. The molecule has 0 spiro atoms. The van der Waals surface area contributed by atoms with Crippen molar-refractivity contribution in [2.75, 3.05) is 0 Å². The Labute approximate surface area is 158 Å². The lowest BCUT2D eigenvalue weighted by Gasteiger charge is -2.12. The molecule has 1 amide bonds. The molecular formula is C23H18ClNO. The van der Waals surface area contributed by atoms with Crippen LogP contribution in [0.25, 0.3) is 0 Å². The highest BCUT2D eigenvalue weighted by atomic mass is 35.5. The minimum absolute atomic E-state index is 0.191. The largest absolute Gasteiger partial charge is 0.336 e. The lowest BCUT2D eigenvalue weighted by molar-refractivity contribution is 0.0949. The van der Waals surface area contributed by atoms with Crippen molar-refractivity contribution < 1.29 is 4.79 Å². The highest BCUT2D eigenvalue weighted by Gasteiger charge is 2.11. The molecule has 1 N–H and O–H groups in total. The summed E-state index contributed by atoms with van der Waals surface area (Å²) in [5.74, 6) is 6.00. The van der Waals surface area contributed by atoms with Crippen LogP contribution in [0.4, 0.5) is 0 Å². The van der Waals surface area contributed by atoms with Gasteiger partial charge in [0.2, 0.25) is 0 Å². The Morgan fingerprint density at radius 2 is 1.35 bits per heavy atom. The van der Waals surface area contributed by atoms with Crippen molar-refractivity contribution in [1.82, 2.24) is 5.32 Å². The summed E-state index contributed by atoms with van der Waals surface area (Å²) in [5.41, 5.74) is 3.01. The Balaban J connectivity index is 1.59. The fourth-order valence-electron chi connectivity index (χ4n) is 2.47. The van der Waals surface area contributed by atoms with E-state index in [0.717, 1.165) is 16.7 Å². The Bertz CT molecular complexity index is 909. The number of benzene rings is 3. The lowest BCUT2D eigenvalue weighted by atomic mass is 10.1. The van der Waals surface area contributed by atoms with E-state index in [4.69, 9.17) is 11.6 Å². The van der Waals surface area contributed by atoms with Crippen molar-refractivity contribution in [3.05, 3.63) is 107 Å². The minimum Gasteiger partial charge on any atom is -0.336 e. The maximum absolute atomic E-state index is 12.3. The number of alkyl halides is 1. The molecule has 0 aliphatic heterocycles. The monoisotopic (exact) mass is 359 g/mol. The van der Waals surface area contributed by atoms with E-state index in [0.29, 0.717) is 12.0 Å². The van der Waals surface area contributed by atoms with E-state index in [1.54, 1.807) is 12.1 Å². The van der Waals surface area contributed by atoms with Gasteiger partial charge in [0.05, 0.1) is 0 Å². The van der Waals surface area contributed by atoms with Crippen molar-refractivity contribution in [3.63, 3.8) is 0 Å². The van der Waals surface area contributed by atoms with Gasteiger partial charge in [-0.2, -0.15) is 0 Å². The smallest absolute Gasteiger partial charge is 0.252 e. The maximum Gasteiger partial charge on any atom is 0.252 e. The van der Waals surface area contributed by atoms with Crippen LogP contribution in [0, 0.1) is 11.8 Å². The molecule has 0 aliphatic carbocycles. The molecule has 26 heavy (non-hydrogen) atoms. The molecule has 128 valence electrons. The normalized spacial score (nSPS) is 11.1. The molecule has 1 atom stereocenters. The van der Waals surface area contributed by atoms with Crippen molar-refractivity contribution in [1.29, 1.82) is 0 Å². The number of carbonyl (C=O) groups excluding carboxylic acids is 1. The molecule has 3 aromatic rings. The predicted octanol–water partition coefficient (Wildman–Crippen LogP) is 4.62.